The molecule has 0 unspecified atom stereocenters. The quantitative estimate of drug-likeness (QED) is 0.712. The Hall–Kier alpha value is -0.0400. The number of hydrogen-bond acceptors (Lipinski definition) is 1. The predicted octanol–water partition coefficient (Wildman–Crippen LogP) is 3.34. The molecule has 82 valence electrons. The molecule has 14 heavy (non-hydrogen) atoms. The molecule has 2 fully saturated rings. The Balaban J connectivity index is 1.89. The van der Waals surface area contributed by atoms with Gasteiger partial charge in [0.2, 0.25) is 0 Å². The fourth-order valence-electron chi connectivity index (χ4n) is 3.53. The Morgan fingerprint density at radius 3 is 2.79 bits per heavy atom. The van der Waals surface area contributed by atoms with Gasteiger partial charge in [-0.3, -0.25) is 0 Å². The van der Waals surface area contributed by atoms with Crippen LogP contribution >= 0.6 is 0 Å². The van der Waals surface area contributed by atoms with Gasteiger partial charge in [0.1, 0.15) is 0 Å². The molecular weight excluding hydrogens is 170 g/mol. The highest BCUT2D eigenvalue weighted by molar-refractivity contribution is 4.91. The summed E-state index contributed by atoms with van der Waals surface area (Å²) < 4.78 is 0. The van der Waals surface area contributed by atoms with E-state index in [0.29, 0.717) is 0 Å². The first-order valence-electron chi connectivity index (χ1n) is 6.57. The Labute approximate surface area is 88.7 Å². The van der Waals surface area contributed by atoms with Crippen molar-refractivity contribution in [2.75, 3.05) is 0 Å². The maximum Gasteiger partial charge on any atom is 0.0100 e. The Kier molecular flexibility index (Phi) is 3.48. The molecule has 4 atom stereocenters. The Bertz CT molecular complexity index is 178. The van der Waals surface area contributed by atoms with E-state index in [1.54, 1.807) is 0 Å². The standard InChI is InChI=1S/C13H25N/c1-3-5-11-8-9-12-10(2)6-4-7-13(12)14-11/h10-14H,3-9H2,1-2H3/t10-,11-,12+,13+/m0/s1. The van der Waals surface area contributed by atoms with Crippen molar-refractivity contribution in [2.45, 2.75) is 70.9 Å². The lowest BCUT2D eigenvalue weighted by molar-refractivity contribution is 0.122. The van der Waals surface area contributed by atoms with Gasteiger partial charge in [0.05, 0.1) is 0 Å². The number of fused-ring (bicyclic) bond motifs is 1. The zero-order valence-corrected chi connectivity index (χ0v) is 9.76. The molecule has 0 bridgehead atoms. The average molecular weight is 195 g/mol. The van der Waals surface area contributed by atoms with Crippen LogP contribution in [0.2, 0.25) is 0 Å². The number of piperidine rings is 1. The SMILES string of the molecule is CCC[C@H]1CC[C@@H]2[C@@H](C)CCC[C@H]2N1. The van der Waals surface area contributed by atoms with Crippen molar-refractivity contribution in [1.82, 2.24) is 5.32 Å². The van der Waals surface area contributed by atoms with Gasteiger partial charge in [0.15, 0.2) is 0 Å². The second-order valence-corrected chi connectivity index (χ2v) is 5.41. The van der Waals surface area contributed by atoms with Crippen molar-refractivity contribution < 1.29 is 0 Å². The van der Waals surface area contributed by atoms with Gasteiger partial charge < -0.3 is 5.32 Å². The van der Waals surface area contributed by atoms with E-state index in [1.165, 1.54) is 44.9 Å². The second-order valence-electron chi connectivity index (χ2n) is 5.41. The van der Waals surface area contributed by atoms with E-state index in [-0.39, 0.29) is 0 Å². The summed E-state index contributed by atoms with van der Waals surface area (Å²) in [5.41, 5.74) is 0. The van der Waals surface area contributed by atoms with Crippen LogP contribution < -0.4 is 5.32 Å². The molecule has 0 spiro atoms. The van der Waals surface area contributed by atoms with Gasteiger partial charge in [-0.2, -0.15) is 0 Å². The first-order valence-corrected chi connectivity index (χ1v) is 6.57. The van der Waals surface area contributed by atoms with Crippen molar-refractivity contribution in [3.63, 3.8) is 0 Å². The Morgan fingerprint density at radius 1 is 1.14 bits per heavy atom. The van der Waals surface area contributed by atoms with Crippen LogP contribution in [0.5, 0.6) is 0 Å². The minimum absolute atomic E-state index is 0.839. The van der Waals surface area contributed by atoms with E-state index < -0.39 is 0 Å². The largest absolute Gasteiger partial charge is 0.311 e. The fraction of sp³-hybridized carbons (Fsp3) is 1.00. The third-order valence-corrected chi connectivity index (χ3v) is 4.36. The van der Waals surface area contributed by atoms with E-state index >= 15 is 0 Å². The summed E-state index contributed by atoms with van der Waals surface area (Å²) in [6.45, 7) is 4.76. The fourth-order valence-corrected chi connectivity index (χ4v) is 3.53. The van der Waals surface area contributed by atoms with Crippen LogP contribution in [0.3, 0.4) is 0 Å². The van der Waals surface area contributed by atoms with Crippen LogP contribution in [-0.2, 0) is 0 Å². The van der Waals surface area contributed by atoms with E-state index in [4.69, 9.17) is 0 Å². The Morgan fingerprint density at radius 2 is 2.00 bits per heavy atom. The summed E-state index contributed by atoms with van der Waals surface area (Å²) >= 11 is 0. The topological polar surface area (TPSA) is 12.0 Å². The van der Waals surface area contributed by atoms with Crippen LogP contribution in [0.1, 0.15) is 58.8 Å². The molecule has 1 nitrogen and oxygen atoms in total. The maximum atomic E-state index is 3.89. The molecule has 1 aliphatic heterocycles. The normalized spacial score (nSPS) is 43.3. The lowest BCUT2D eigenvalue weighted by atomic mass is 9.71. The monoisotopic (exact) mass is 195 g/mol. The molecular formula is C13H25N. The highest BCUT2D eigenvalue weighted by Gasteiger charge is 2.34. The average Bonchev–Trinajstić information content (AvgIpc) is 2.18. The van der Waals surface area contributed by atoms with Crippen LogP contribution in [0.25, 0.3) is 0 Å². The third-order valence-electron chi connectivity index (χ3n) is 4.36. The van der Waals surface area contributed by atoms with Crippen LogP contribution in [0.4, 0.5) is 0 Å². The van der Waals surface area contributed by atoms with Gasteiger partial charge in [0, 0.05) is 12.1 Å². The van der Waals surface area contributed by atoms with Gasteiger partial charge >= 0.3 is 0 Å². The van der Waals surface area contributed by atoms with Crippen molar-refractivity contribution in [2.24, 2.45) is 11.8 Å². The summed E-state index contributed by atoms with van der Waals surface area (Å²) in [7, 11) is 0. The molecule has 0 radical (unpaired) electrons. The summed E-state index contributed by atoms with van der Waals surface area (Å²) in [5.74, 6) is 1.97. The zero-order valence-electron chi connectivity index (χ0n) is 9.76. The molecule has 2 aliphatic rings. The van der Waals surface area contributed by atoms with E-state index in [9.17, 15) is 0 Å². The lowest BCUT2D eigenvalue weighted by Crippen LogP contribution is -2.50. The summed E-state index contributed by atoms with van der Waals surface area (Å²) in [4.78, 5) is 0. The van der Waals surface area contributed by atoms with Gasteiger partial charge in [-0.15, -0.1) is 0 Å². The zero-order chi connectivity index (χ0) is 9.97. The van der Waals surface area contributed by atoms with Crippen molar-refractivity contribution >= 4 is 0 Å². The van der Waals surface area contributed by atoms with Crippen LogP contribution in [0.15, 0.2) is 0 Å². The predicted molar refractivity (Wildman–Crippen MR) is 61.4 cm³/mol. The summed E-state index contributed by atoms with van der Waals surface area (Å²) in [5, 5.41) is 3.89. The van der Waals surface area contributed by atoms with Crippen molar-refractivity contribution in [1.29, 1.82) is 0 Å². The third kappa shape index (κ3) is 2.13. The first kappa shape index (κ1) is 10.5. The minimum atomic E-state index is 0.839. The van der Waals surface area contributed by atoms with E-state index in [2.05, 4.69) is 19.2 Å². The van der Waals surface area contributed by atoms with E-state index in [0.717, 1.165) is 23.9 Å². The molecule has 1 aliphatic carbocycles. The molecule has 0 aromatic heterocycles. The lowest BCUT2D eigenvalue weighted by Gasteiger charge is -2.44. The number of nitrogens with one attached hydrogen (secondary N) is 1. The number of hydrogen-bond donors (Lipinski definition) is 1. The minimum Gasteiger partial charge on any atom is -0.311 e. The number of rotatable bonds is 2. The van der Waals surface area contributed by atoms with Gasteiger partial charge in [-0.1, -0.05) is 33.1 Å². The first-order chi connectivity index (χ1) is 6.81. The highest BCUT2D eigenvalue weighted by Crippen LogP contribution is 2.36. The smallest absolute Gasteiger partial charge is 0.0100 e. The second kappa shape index (κ2) is 4.65. The molecule has 1 heteroatoms. The molecule has 0 aromatic carbocycles. The van der Waals surface area contributed by atoms with Crippen LogP contribution in [-0.4, -0.2) is 12.1 Å². The molecule has 1 saturated heterocycles. The summed E-state index contributed by atoms with van der Waals surface area (Å²) in [6.07, 6.45) is 10.0. The molecule has 1 heterocycles. The van der Waals surface area contributed by atoms with Crippen molar-refractivity contribution in [3.8, 4) is 0 Å². The molecule has 1 saturated carbocycles. The highest BCUT2D eigenvalue weighted by atomic mass is 15.0. The van der Waals surface area contributed by atoms with E-state index in [1.807, 2.05) is 0 Å². The van der Waals surface area contributed by atoms with Crippen molar-refractivity contribution in [3.05, 3.63) is 0 Å². The molecule has 1 N–H and O–H groups in total. The maximum absolute atomic E-state index is 3.89. The van der Waals surface area contributed by atoms with Gasteiger partial charge in [-0.05, 0) is 37.5 Å². The molecule has 0 amide bonds. The van der Waals surface area contributed by atoms with Gasteiger partial charge in [0.25, 0.3) is 0 Å². The molecule has 0 aromatic rings. The van der Waals surface area contributed by atoms with Gasteiger partial charge in [-0.25, -0.2) is 0 Å². The summed E-state index contributed by atoms with van der Waals surface area (Å²) in [6, 6.07) is 1.70. The van der Waals surface area contributed by atoms with Crippen LogP contribution in [0, 0.1) is 11.8 Å². The molecule has 2 rings (SSSR count).